The smallest absolute Gasteiger partial charge is 0.295 e. The average molecular weight is 531 g/mol. The molecule has 0 bridgehead atoms. The second-order valence-corrected chi connectivity index (χ2v) is 9.18. The summed E-state index contributed by atoms with van der Waals surface area (Å²) in [5, 5.41) is 3.11. The molecule has 12 heteroatoms. The number of halogens is 1. The van der Waals surface area contributed by atoms with Crippen LogP contribution in [-0.4, -0.2) is 43.2 Å². The molecule has 0 unspecified atom stereocenters. The number of rotatable bonds is 9. The van der Waals surface area contributed by atoms with Crippen LogP contribution in [0, 0.1) is 6.92 Å². The van der Waals surface area contributed by atoms with Crippen LogP contribution in [0.1, 0.15) is 11.1 Å². The van der Waals surface area contributed by atoms with Gasteiger partial charge in [0.05, 0.1) is 18.3 Å². The highest BCUT2D eigenvalue weighted by atomic mass is 32.2. The monoisotopic (exact) mass is 530 g/mol. The number of methoxy groups -OCH3 is 1. The van der Waals surface area contributed by atoms with Gasteiger partial charge in [-0.3, -0.25) is 4.55 Å². The van der Waals surface area contributed by atoms with Gasteiger partial charge in [-0.25, -0.2) is 9.37 Å². The zero-order valence-electron chi connectivity index (χ0n) is 20.2. The fourth-order valence-electron chi connectivity index (χ4n) is 2.94. The van der Waals surface area contributed by atoms with E-state index in [0.29, 0.717) is 47.2 Å². The van der Waals surface area contributed by atoms with Crippen LogP contribution in [0.2, 0.25) is 0 Å². The summed E-state index contributed by atoms with van der Waals surface area (Å²) >= 11 is 0. The average Bonchev–Trinajstić information content (AvgIpc) is 3.30. The summed E-state index contributed by atoms with van der Waals surface area (Å²) in [6.45, 7) is 2.54. The fraction of sp³-hybridized carbons (Fsp3) is 0.200. The lowest BCUT2D eigenvalue weighted by molar-refractivity contribution is 0.347. The molecule has 0 amide bonds. The third-order valence-electron chi connectivity index (χ3n) is 4.97. The summed E-state index contributed by atoms with van der Waals surface area (Å²) in [5.41, 5.74) is 8.97. The molecule has 0 atom stereocenters. The molecule has 0 aliphatic rings. The highest BCUT2D eigenvalue weighted by Gasteiger charge is 2.09. The predicted octanol–water partition coefficient (Wildman–Crippen LogP) is 4.28. The number of anilines is 1. The number of fused-ring (bicyclic) bond motifs is 1. The summed E-state index contributed by atoms with van der Waals surface area (Å²) < 4.78 is 58.4. The van der Waals surface area contributed by atoms with E-state index in [1.807, 2.05) is 19.1 Å². The van der Waals surface area contributed by atoms with Crippen molar-refractivity contribution in [3.05, 3.63) is 83.8 Å². The molecule has 0 aliphatic heterocycles. The second kappa shape index (κ2) is 12.8. The van der Waals surface area contributed by atoms with Crippen molar-refractivity contribution in [1.82, 2.24) is 9.97 Å². The Morgan fingerprint density at radius 3 is 2.59 bits per heavy atom. The van der Waals surface area contributed by atoms with Crippen molar-refractivity contribution in [2.24, 2.45) is 5.73 Å². The van der Waals surface area contributed by atoms with E-state index in [2.05, 4.69) is 15.3 Å². The largest absolute Gasteiger partial charge is 0.489 e. The van der Waals surface area contributed by atoms with Crippen molar-refractivity contribution in [1.29, 1.82) is 0 Å². The van der Waals surface area contributed by atoms with Crippen molar-refractivity contribution >= 4 is 27.2 Å². The predicted molar refractivity (Wildman–Crippen MR) is 137 cm³/mol. The summed E-state index contributed by atoms with van der Waals surface area (Å²) in [6, 6.07) is 15.3. The fourth-order valence-corrected chi connectivity index (χ4v) is 3.42. The molecule has 2 aromatic carbocycles. The Kier molecular flexibility index (Phi) is 9.55. The molecule has 4 aromatic rings. The van der Waals surface area contributed by atoms with Gasteiger partial charge in [0.2, 0.25) is 5.88 Å². The third-order valence-corrected chi connectivity index (χ3v) is 5.84. The van der Waals surface area contributed by atoms with E-state index < -0.39 is 10.1 Å². The van der Waals surface area contributed by atoms with E-state index in [1.54, 1.807) is 43.6 Å². The van der Waals surface area contributed by atoms with Gasteiger partial charge in [-0.05, 0) is 42.8 Å². The molecule has 37 heavy (non-hydrogen) atoms. The SMILES string of the molecule is COc1cc(CNc2nc3ccc(OCC(=CF)CN)cc3o2)ccn1.Cc1ccc(S(=O)(=O)O)cc1. The van der Waals surface area contributed by atoms with Crippen LogP contribution in [-0.2, 0) is 16.7 Å². The molecule has 0 saturated heterocycles. The molecule has 0 fully saturated rings. The zero-order chi connectivity index (χ0) is 26.8. The van der Waals surface area contributed by atoms with Gasteiger partial charge in [-0.15, -0.1) is 0 Å². The summed E-state index contributed by atoms with van der Waals surface area (Å²) in [6.07, 6.45) is 2.14. The molecule has 0 aliphatic carbocycles. The van der Waals surface area contributed by atoms with Crippen LogP contribution < -0.4 is 20.5 Å². The Morgan fingerprint density at radius 2 is 1.95 bits per heavy atom. The van der Waals surface area contributed by atoms with E-state index in [-0.39, 0.29) is 18.0 Å². The highest BCUT2D eigenvalue weighted by molar-refractivity contribution is 7.85. The molecule has 2 heterocycles. The van der Waals surface area contributed by atoms with Crippen molar-refractivity contribution < 1.29 is 31.3 Å². The first-order valence-electron chi connectivity index (χ1n) is 11.0. The first-order valence-corrected chi connectivity index (χ1v) is 12.4. The molecular formula is C25H27FN4O6S. The maximum Gasteiger partial charge on any atom is 0.295 e. The minimum atomic E-state index is -4.02. The van der Waals surface area contributed by atoms with Gasteiger partial charge in [-0.1, -0.05) is 17.7 Å². The van der Waals surface area contributed by atoms with Crippen LogP contribution >= 0.6 is 0 Å². The topological polar surface area (TPSA) is 150 Å². The highest BCUT2D eigenvalue weighted by Crippen LogP contribution is 2.24. The number of ether oxygens (including phenoxy) is 2. The quantitative estimate of drug-likeness (QED) is 0.268. The van der Waals surface area contributed by atoms with Crippen LogP contribution in [0.3, 0.4) is 0 Å². The Labute approximate surface area is 213 Å². The molecule has 4 rings (SSSR count). The number of pyridine rings is 1. The molecule has 0 spiro atoms. The van der Waals surface area contributed by atoms with E-state index in [0.717, 1.165) is 11.1 Å². The maximum atomic E-state index is 12.5. The summed E-state index contributed by atoms with van der Waals surface area (Å²) in [5.74, 6) is 1.09. The minimum absolute atomic E-state index is 0.0666. The van der Waals surface area contributed by atoms with Crippen LogP contribution in [0.5, 0.6) is 11.6 Å². The normalized spacial score (nSPS) is 11.5. The number of hydrogen-bond donors (Lipinski definition) is 3. The number of nitrogens with two attached hydrogens (primary N) is 1. The first kappa shape index (κ1) is 27.6. The standard InChI is InChI=1S/C18H19FN4O3.C7H8O3S/c1-24-17-6-12(4-5-21-17)10-22-18-23-15-3-2-14(7-16(15)26-18)25-11-13(8-19)9-20;1-6-2-4-7(5-3-6)11(8,9)10/h2-8H,9-11,20H2,1H3,(H,22,23);2-5H,1H3,(H,8,9,10). The van der Waals surface area contributed by atoms with Gasteiger partial charge in [0, 0.05) is 37.0 Å². The van der Waals surface area contributed by atoms with Crippen molar-refractivity contribution in [2.75, 3.05) is 25.6 Å². The number of nitrogens with zero attached hydrogens (tertiary/aromatic N) is 2. The van der Waals surface area contributed by atoms with Gasteiger partial charge in [0.15, 0.2) is 5.58 Å². The lowest BCUT2D eigenvalue weighted by Crippen LogP contribution is -2.10. The van der Waals surface area contributed by atoms with E-state index in [9.17, 15) is 12.8 Å². The van der Waals surface area contributed by atoms with Crippen molar-refractivity contribution in [2.45, 2.75) is 18.4 Å². The number of benzene rings is 2. The van der Waals surface area contributed by atoms with E-state index in [4.69, 9.17) is 24.2 Å². The van der Waals surface area contributed by atoms with Gasteiger partial charge in [0.25, 0.3) is 16.1 Å². The first-order chi connectivity index (χ1) is 17.7. The van der Waals surface area contributed by atoms with Gasteiger partial charge in [-0.2, -0.15) is 13.4 Å². The van der Waals surface area contributed by atoms with Crippen LogP contribution in [0.15, 0.2) is 82.0 Å². The Bertz CT molecular complexity index is 1460. The summed E-state index contributed by atoms with van der Waals surface area (Å²) in [7, 11) is -2.45. The number of oxazole rings is 1. The maximum absolute atomic E-state index is 12.5. The molecule has 196 valence electrons. The molecule has 2 aromatic heterocycles. The minimum Gasteiger partial charge on any atom is -0.489 e. The lowest BCUT2D eigenvalue weighted by Gasteiger charge is -2.06. The summed E-state index contributed by atoms with van der Waals surface area (Å²) in [4.78, 5) is 8.36. The van der Waals surface area contributed by atoms with Crippen molar-refractivity contribution in [3.63, 3.8) is 0 Å². The van der Waals surface area contributed by atoms with Crippen molar-refractivity contribution in [3.8, 4) is 11.6 Å². The van der Waals surface area contributed by atoms with Crippen LogP contribution in [0.4, 0.5) is 10.4 Å². The van der Waals surface area contributed by atoms with Crippen LogP contribution in [0.25, 0.3) is 11.1 Å². The van der Waals surface area contributed by atoms with Gasteiger partial charge in [0.1, 0.15) is 17.9 Å². The number of aryl methyl sites for hydroxylation is 1. The van der Waals surface area contributed by atoms with Gasteiger partial charge < -0.3 is 24.9 Å². The zero-order valence-corrected chi connectivity index (χ0v) is 21.0. The second-order valence-electron chi connectivity index (χ2n) is 7.76. The third kappa shape index (κ3) is 8.27. The number of nitrogens with one attached hydrogen (secondary N) is 1. The number of aromatic nitrogens is 2. The van der Waals surface area contributed by atoms with Gasteiger partial charge >= 0.3 is 0 Å². The molecule has 0 saturated carbocycles. The van der Waals surface area contributed by atoms with E-state index in [1.165, 1.54) is 12.1 Å². The number of hydrogen-bond acceptors (Lipinski definition) is 9. The molecule has 10 nitrogen and oxygen atoms in total. The Hall–Kier alpha value is -4.00. The molecule has 0 radical (unpaired) electrons. The lowest BCUT2D eigenvalue weighted by atomic mass is 10.2. The molecule has 4 N–H and O–H groups in total. The van der Waals surface area contributed by atoms with E-state index >= 15 is 0 Å². The Morgan fingerprint density at radius 1 is 1.19 bits per heavy atom. The Balaban J connectivity index is 0.000000289. The molecular weight excluding hydrogens is 503 g/mol.